The van der Waals surface area contributed by atoms with Crippen LogP contribution in [0.25, 0.3) is 44.3 Å². The van der Waals surface area contributed by atoms with Gasteiger partial charge in [-0.25, -0.2) is 0 Å². The van der Waals surface area contributed by atoms with Crippen LogP contribution in [0.2, 0.25) is 0 Å². The highest BCUT2D eigenvalue weighted by atomic mass is 16.7. The molecule has 7 aromatic carbocycles. The van der Waals surface area contributed by atoms with Gasteiger partial charge in [0.05, 0.1) is 96.8 Å². The van der Waals surface area contributed by atoms with E-state index in [1.807, 2.05) is 128 Å². The summed E-state index contributed by atoms with van der Waals surface area (Å²) in [7, 11) is 8.06. The number of hydroxylamine groups is 6. The second-order valence-corrected chi connectivity index (χ2v) is 40.7. The number of rotatable bonds is 29. The minimum absolute atomic E-state index is 0.0718. The number of carbonyl (C=O) groups excluding carboxylic acids is 4. The Morgan fingerprint density at radius 1 is 0.474 bits per heavy atom. The molecular formula is C107H140N8O18. The van der Waals surface area contributed by atoms with Crippen molar-refractivity contribution in [3.05, 3.63) is 186 Å². The molecule has 26 heteroatoms. The van der Waals surface area contributed by atoms with E-state index < -0.39 is 66.4 Å². The van der Waals surface area contributed by atoms with Crippen molar-refractivity contribution in [1.29, 1.82) is 0 Å². The van der Waals surface area contributed by atoms with Gasteiger partial charge in [-0.05, 0) is 194 Å². The number of phenolic OH excluding ortho intramolecular Hbond substituents is 1. The number of nitrogens with zero attached hydrogens (tertiary/aromatic N) is 4. The third-order valence-corrected chi connectivity index (χ3v) is 32.7. The molecule has 24 atom stereocenters. The molecule has 716 valence electrons. The van der Waals surface area contributed by atoms with E-state index in [-0.39, 0.29) is 93.1 Å². The van der Waals surface area contributed by atoms with E-state index in [2.05, 4.69) is 94.6 Å². The number of amides is 4. The van der Waals surface area contributed by atoms with Crippen LogP contribution in [0.15, 0.2) is 158 Å². The van der Waals surface area contributed by atoms with Crippen LogP contribution < -0.4 is 45.0 Å². The van der Waals surface area contributed by atoms with Gasteiger partial charge in [-0.15, -0.1) is 0 Å². The molecule has 10 N–H and O–H groups in total. The van der Waals surface area contributed by atoms with Crippen LogP contribution in [0.5, 0.6) is 34.5 Å². The molecule has 3 aliphatic heterocycles. The van der Waals surface area contributed by atoms with Crippen LogP contribution in [0.3, 0.4) is 0 Å². The summed E-state index contributed by atoms with van der Waals surface area (Å²) in [5.41, 5.74) is 10.5. The normalized spacial score (nSPS) is 29.8. The van der Waals surface area contributed by atoms with Gasteiger partial charge in [0.25, 0.3) is 5.91 Å². The quantitative estimate of drug-likeness (QED) is 0.0208. The van der Waals surface area contributed by atoms with E-state index in [1.54, 1.807) is 102 Å². The maximum atomic E-state index is 14.3. The number of aromatic hydroxyl groups is 1. The van der Waals surface area contributed by atoms with E-state index in [9.17, 15) is 49.8 Å². The first-order valence-corrected chi connectivity index (χ1v) is 47.8. The molecule has 9 saturated carbocycles. The number of aliphatic hydroxyl groups is 5. The topological polar surface area (TPSA) is 334 Å². The average molecular weight is 1830 g/mol. The molecule has 133 heavy (non-hydrogen) atoms. The number of para-hydroxylation sites is 4. The van der Waals surface area contributed by atoms with Gasteiger partial charge in [0.15, 0.2) is 0 Å². The molecule has 1 unspecified atom stereocenters. The molecule has 0 spiro atoms. The lowest BCUT2D eigenvalue weighted by molar-refractivity contribution is -0.183. The Morgan fingerprint density at radius 3 is 1.26 bits per heavy atom. The second kappa shape index (κ2) is 40.6. The van der Waals surface area contributed by atoms with Crippen LogP contribution in [0.1, 0.15) is 168 Å². The SMILES string of the molecule is CC[C@@H]1ON(Cc2cccc(-c3cccc(C(=O)NC)c3OCc3ccc(OC)cc3)c2OC)[C@H](C(=O)N[C@H]2C[C@H]3C[C@@H]([C@@H]2C)C3(C)C)[C@@H]1[C@H](C)O.COc1c(CN2O[C@@H](CO)[C@@H]([C@H](C)O)[C@H]2C(=O)N[C@H]2C[C@H]3C[C@@H]([C@@H]2C)C3(C)C)cccc1-c1cccc(O)c1.COc1c(CN2O[C@@H](CO)[C@H]([C@H](C)O)[C@H]2C(=O)N[C@H]2CC3C[C@@H]([C@@H]2C)C3(C)C)cccc1-c1cccc2ncccc12. The van der Waals surface area contributed by atoms with E-state index in [1.165, 1.54) is 19.3 Å². The van der Waals surface area contributed by atoms with Gasteiger partial charge in [0.1, 0.15) is 71.4 Å². The Hall–Kier alpha value is -9.81. The lowest BCUT2D eigenvalue weighted by atomic mass is 9.45. The number of benzene rings is 7. The molecule has 8 aromatic rings. The van der Waals surface area contributed by atoms with Crippen molar-refractivity contribution >= 4 is 34.5 Å². The van der Waals surface area contributed by atoms with E-state index in [0.29, 0.717) is 110 Å². The fraction of sp³-hybridized carbons (Fsp3) is 0.542. The molecule has 9 aliphatic carbocycles. The number of nitrogens with one attached hydrogen (secondary N) is 4. The summed E-state index contributed by atoms with van der Waals surface area (Å²) in [6, 6.07) is 45.5. The van der Waals surface area contributed by atoms with Crippen LogP contribution >= 0.6 is 0 Å². The van der Waals surface area contributed by atoms with Crippen LogP contribution in [-0.4, -0.2) is 196 Å². The van der Waals surface area contributed by atoms with Crippen molar-refractivity contribution < 1.29 is 88.0 Å². The Balaban J connectivity index is 0.000000154. The summed E-state index contributed by atoms with van der Waals surface area (Å²) >= 11 is 0. The fourth-order valence-corrected chi connectivity index (χ4v) is 24.8. The van der Waals surface area contributed by atoms with Crippen molar-refractivity contribution in [2.75, 3.05) is 48.7 Å². The standard InChI is InChI=1S/C42H55N3O7.C34H43N3O5.C31H42N2O6/c1-9-35-36(25(3)46)37(41(48)44-34-21-28-20-33(24(34)2)42(28,4)5)45(52-35)22-27-12-10-13-30(38(27)50-8)31-14-11-15-32(40(47)43-6)39(31)51-23-26-16-18-29(49-7)19-17-26;1-19-26-15-22(34(26,3)4)16-28(19)36-33(40)31-30(20(2)39)29(18-38)42-37(31)17-21-9-6-11-25(32(21)41-5)23-10-7-13-27-24(23)12-8-14-35-27;1-17-24-13-21(31(24,3)4)14-25(17)32-30(37)28-27(18(2)35)26(16-34)39-33(28)15-20-9-7-11-23(29(20)38-5)19-8-6-10-22(36)12-19/h10-19,24-25,28,33-37,46H,9,20-23H2,1-8H3,(H,43,47)(H,44,48);6-14,19-20,22,26,28-31,38-39H,15-18H2,1-5H3,(H,36,40);6-12,17-18,21,24-28,34-36H,13-16H2,1-5H3,(H,32,37)/t24-,25-,28+,33-,34-,35-,36+,37-;19-,20-,22?,26-,28-,29-,30-,31-;17-,18-,21+,24-,25-,26-,27+,28-/m000/s1. The Labute approximate surface area is 783 Å². The molecule has 4 heterocycles. The van der Waals surface area contributed by atoms with Gasteiger partial charge in [0.2, 0.25) is 17.7 Å². The number of pyridine rings is 1. The molecule has 12 aliphatic rings. The monoisotopic (exact) mass is 1830 g/mol. The lowest BCUT2D eigenvalue weighted by Crippen LogP contribution is -2.62. The van der Waals surface area contributed by atoms with Crippen molar-refractivity contribution in [2.24, 2.45) is 87.3 Å². The number of hydrogen-bond donors (Lipinski definition) is 10. The van der Waals surface area contributed by atoms with Gasteiger partial charge in [-0.3, -0.25) is 38.7 Å². The Kier molecular flexibility index (Phi) is 29.8. The van der Waals surface area contributed by atoms with Crippen molar-refractivity contribution in [3.63, 3.8) is 0 Å². The zero-order valence-electron chi connectivity index (χ0n) is 80.4. The van der Waals surface area contributed by atoms with E-state index in [0.717, 1.165) is 86.0 Å². The molecule has 4 amide bonds. The lowest BCUT2D eigenvalue weighted by Gasteiger charge is -2.62. The maximum Gasteiger partial charge on any atom is 0.254 e. The molecule has 0 radical (unpaired) electrons. The Morgan fingerprint density at radius 2 is 0.865 bits per heavy atom. The zero-order chi connectivity index (χ0) is 95.1. The number of aromatic nitrogens is 1. The molecular weight excluding hydrogens is 1690 g/mol. The van der Waals surface area contributed by atoms with Crippen molar-refractivity contribution in [3.8, 4) is 67.9 Å². The van der Waals surface area contributed by atoms with Crippen LogP contribution in [-0.2, 0) is 55.1 Å². The number of hydrogen-bond acceptors (Lipinski definition) is 22. The highest BCUT2D eigenvalue weighted by Crippen LogP contribution is 2.64. The summed E-state index contributed by atoms with van der Waals surface area (Å²) in [4.78, 5) is 78.8. The first-order chi connectivity index (χ1) is 63.6. The number of ether oxygens (including phenoxy) is 5. The van der Waals surface area contributed by atoms with Gasteiger partial charge in [0, 0.05) is 93.5 Å². The molecule has 26 nitrogen and oxygen atoms in total. The first kappa shape index (κ1) is 97.7. The van der Waals surface area contributed by atoms with Gasteiger partial charge >= 0.3 is 0 Å². The van der Waals surface area contributed by atoms with Gasteiger partial charge in [-0.1, -0.05) is 178 Å². The van der Waals surface area contributed by atoms with Crippen LogP contribution in [0.4, 0.5) is 0 Å². The second-order valence-electron chi connectivity index (χ2n) is 40.7. The summed E-state index contributed by atoms with van der Waals surface area (Å²) < 4.78 is 29.6. The van der Waals surface area contributed by atoms with Crippen molar-refractivity contribution in [2.45, 2.75) is 234 Å². The molecule has 12 fully saturated rings. The number of aliphatic hydroxyl groups excluding tert-OH is 5. The molecule has 1 aromatic heterocycles. The zero-order valence-corrected chi connectivity index (χ0v) is 80.4. The van der Waals surface area contributed by atoms with E-state index in [4.69, 9.17) is 38.2 Å². The third kappa shape index (κ3) is 19.1. The highest BCUT2D eigenvalue weighted by Gasteiger charge is 2.61. The van der Waals surface area contributed by atoms with Crippen LogP contribution in [0, 0.1) is 87.3 Å². The summed E-state index contributed by atoms with van der Waals surface area (Å²) in [6.07, 6.45) is 4.77. The molecule has 3 saturated heterocycles. The van der Waals surface area contributed by atoms with E-state index >= 15 is 0 Å². The number of methoxy groups -OCH3 is 4. The molecule has 6 bridgehead atoms. The minimum atomic E-state index is -0.862. The predicted octanol–water partition coefficient (Wildman–Crippen LogP) is 14.7. The predicted molar refractivity (Wildman–Crippen MR) is 509 cm³/mol. The Bertz CT molecular complexity index is 5430. The smallest absolute Gasteiger partial charge is 0.254 e. The first-order valence-electron chi connectivity index (χ1n) is 47.8. The summed E-state index contributed by atoms with van der Waals surface area (Å²) in [6.45, 7) is 28.2. The third-order valence-electron chi connectivity index (χ3n) is 32.7. The number of phenols is 1. The summed E-state index contributed by atoms with van der Waals surface area (Å²) in [5, 5.41) is 81.7. The largest absolute Gasteiger partial charge is 0.508 e. The number of carbonyl (C=O) groups is 4. The van der Waals surface area contributed by atoms with Crippen molar-refractivity contribution in [1.82, 2.24) is 41.4 Å². The highest BCUT2D eigenvalue weighted by molar-refractivity contribution is 6.00. The summed E-state index contributed by atoms with van der Waals surface area (Å²) in [5.74, 6) is 5.53. The average Bonchev–Trinajstić information content (AvgIpc) is 0.962. The minimum Gasteiger partial charge on any atom is -0.508 e. The van der Waals surface area contributed by atoms with Gasteiger partial charge < -0.3 is 75.6 Å². The fourth-order valence-electron chi connectivity index (χ4n) is 24.8. The molecule has 20 rings (SSSR count). The van der Waals surface area contributed by atoms with Gasteiger partial charge in [-0.2, -0.15) is 15.2 Å². The maximum absolute atomic E-state index is 14.3. The number of fused-ring (bicyclic) bond motifs is 7.